The fraction of sp³-hybridized carbons (Fsp3) is 0.562. The highest BCUT2D eigenvalue weighted by atomic mass is 19.1. The molecule has 3 rings (SSSR count). The topological polar surface area (TPSA) is 46.9 Å². The number of rotatable bonds is 8. The highest BCUT2D eigenvalue weighted by Gasteiger charge is 2.36. The Balaban J connectivity index is 0.000000389. The summed E-state index contributed by atoms with van der Waals surface area (Å²) in [6.45, 7) is 20.2. The number of allylic oxidation sites excluding steroid dienone is 3. The molecule has 2 heterocycles. The minimum absolute atomic E-state index is 0.0399. The van der Waals surface area contributed by atoms with Gasteiger partial charge in [0.25, 0.3) is 0 Å². The molecule has 1 aromatic carbocycles. The molecule has 0 saturated heterocycles. The molecule has 206 valence electrons. The molecule has 0 aliphatic carbocycles. The Morgan fingerprint density at radius 2 is 1.78 bits per heavy atom. The van der Waals surface area contributed by atoms with Crippen LogP contribution < -0.4 is 5.32 Å². The number of carbonyl (C=O) groups excluding carboxylic acids is 1. The molecule has 37 heavy (non-hydrogen) atoms. The van der Waals surface area contributed by atoms with Crippen LogP contribution in [0.5, 0.6) is 0 Å². The number of hydrogen-bond donors (Lipinski definition) is 1. The van der Waals surface area contributed by atoms with Crippen LogP contribution in [0.25, 0.3) is 0 Å². The molecule has 0 saturated carbocycles. The third-order valence-corrected chi connectivity index (χ3v) is 7.33. The van der Waals surface area contributed by atoms with Crippen molar-refractivity contribution in [2.24, 2.45) is 0 Å². The van der Waals surface area contributed by atoms with Crippen molar-refractivity contribution in [3.8, 4) is 0 Å². The lowest BCUT2D eigenvalue weighted by atomic mass is 9.78. The largest absolute Gasteiger partial charge is 0.363 e. The first-order valence-corrected chi connectivity index (χ1v) is 13.9. The minimum atomic E-state index is -0.509. The molecule has 1 aliphatic rings. The minimum Gasteiger partial charge on any atom is -0.363 e. The molecule has 2 aromatic rings. The van der Waals surface area contributed by atoms with E-state index in [9.17, 15) is 9.18 Å². The zero-order valence-electron chi connectivity index (χ0n) is 24.9. The van der Waals surface area contributed by atoms with Gasteiger partial charge in [-0.3, -0.25) is 4.79 Å². The van der Waals surface area contributed by atoms with Gasteiger partial charge in [-0.25, -0.2) is 9.07 Å². The number of benzene rings is 1. The highest BCUT2D eigenvalue weighted by molar-refractivity contribution is 5.98. The fourth-order valence-electron chi connectivity index (χ4n) is 4.43. The van der Waals surface area contributed by atoms with E-state index < -0.39 is 6.67 Å². The van der Waals surface area contributed by atoms with E-state index in [-0.39, 0.29) is 17.4 Å². The second kappa shape index (κ2) is 14.9. The van der Waals surface area contributed by atoms with Gasteiger partial charge in [0.1, 0.15) is 12.5 Å². The molecule has 1 unspecified atom stereocenters. The Labute approximate surface area is 225 Å². The molecule has 1 N–H and O–H groups in total. The number of hydrogen-bond acceptors (Lipinski definition) is 3. The Kier molecular flexibility index (Phi) is 13.0. The predicted octanol–water partition coefficient (Wildman–Crippen LogP) is 8.97. The zero-order valence-corrected chi connectivity index (χ0v) is 24.9. The third-order valence-electron chi connectivity index (χ3n) is 7.33. The van der Waals surface area contributed by atoms with Gasteiger partial charge < -0.3 is 5.32 Å². The molecular formula is C32H50FN3O. The van der Waals surface area contributed by atoms with Crippen molar-refractivity contribution in [3.05, 3.63) is 71.0 Å². The maximum atomic E-state index is 13.5. The number of anilines is 1. The van der Waals surface area contributed by atoms with E-state index in [1.54, 1.807) is 6.20 Å². The number of nitrogens with zero attached hydrogens (tertiary/aromatic N) is 2. The van der Waals surface area contributed by atoms with Gasteiger partial charge in [0.15, 0.2) is 5.78 Å². The Bertz CT molecular complexity index is 1030. The summed E-state index contributed by atoms with van der Waals surface area (Å²) in [7, 11) is 0. The van der Waals surface area contributed by atoms with Crippen molar-refractivity contribution in [2.45, 2.75) is 112 Å². The maximum absolute atomic E-state index is 13.5. The summed E-state index contributed by atoms with van der Waals surface area (Å²) in [6.07, 6.45) is 11.4. The second-order valence-electron chi connectivity index (χ2n) is 10.4. The van der Waals surface area contributed by atoms with Crippen LogP contribution in [0.3, 0.4) is 0 Å². The number of alkyl halides is 1. The number of carbonyl (C=O) groups is 1. The number of ketones is 1. The SMILES string of the molecule is CC.CC/C=C\C=C(/CF)C1CC(C)(C)n2ncc(C(C)=O)c2N1.CCC(C)(CC)c1ccc(C)cc1. The van der Waals surface area contributed by atoms with Gasteiger partial charge in [0.05, 0.1) is 23.3 Å². The van der Waals surface area contributed by atoms with Crippen LogP contribution in [0.1, 0.15) is 109 Å². The summed E-state index contributed by atoms with van der Waals surface area (Å²) >= 11 is 0. The van der Waals surface area contributed by atoms with Crippen LogP contribution in [0.2, 0.25) is 0 Å². The monoisotopic (exact) mass is 511 g/mol. The number of fused-ring (bicyclic) bond motifs is 1. The third kappa shape index (κ3) is 8.41. The Morgan fingerprint density at radius 3 is 2.27 bits per heavy atom. The lowest BCUT2D eigenvalue weighted by molar-refractivity contribution is 0.101. The van der Waals surface area contributed by atoms with E-state index in [1.165, 1.54) is 30.9 Å². The zero-order chi connectivity index (χ0) is 28.2. The van der Waals surface area contributed by atoms with Crippen LogP contribution >= 0.6 is 0 Å². The maximum Gasteiger partial charge on any atom is 0.165 e. The van der Waals surface area contributed by atoms with Gasteiger partial charge in [0, 0.05) is 0 Å². The fourth-order valence-corrected chi connectivity index (χ4v) is 4.43. The summed E-state index contributed by atoms with van der Waals surface area (Å²) in [6, 6.07) is 8.81. The van der Waals surface area contributed by atoms with E-state index in [1.807, 2.05) is 43.7 Å². The van der Waals surface area contributed by atoms with E-state index in [2.05, 4.69) is 76.2 Å². The average Bonchev–Trinajstić information content (AvgIpc) is 3.33. The van der Waals surface area contributed by atoms with Crippen molar-refractivity contribution in [1.82, 2.24) is 9.78 Å². The molecule has 4 nitrogen and oxygen atoms in total. The molecular weight excluding hydrogens is 461 g/mol. The van der Waals surface area contributed by atoms with E-state index >= 15 is 0 Å². The molecule has 0 radical (unpaired) electrons. The van der Waals surface area contributed by atoms with Crippen LogP contribution in [0.4, 0.5) is 10.2 Å². The van der Waals surface area contributed by atoms with Crippen molar-refractivity contribution in [1.29, 1.82) is 0 Å². The summed E-state index contributed by atoms with van der Waals surface area (Å²) in [5.74, 6) is 0.648. The Morgan fingerprint density at radius 1 is 1.19 bits per heavy atom. The van der Waals surface area contributed by atoms with E-state index in [0.29, 0.717) is 22.4 Å². The normalized spacial score (nSPS) is 16.6. The van der Waals surface area contributed by atoms with Gasteiger partial charge in [-0.05, 0) is 69.9 Å². The first kappa shape index (κ1) is 32.3. The molecule has 0 fully saturated rings. The lowest BCUT2D eigenvalue weighted by Gasteiger charge is -2.38. The van der Waals surface area contributed by atoms with Crippen molar-refractivity contribution < 1.29 is 9.18 Å². The van der Waals surface area contributed by atoms with Crippen LogP contribution in [0, 0.1) is 6.92 Å². The molecule has 5 heteroatoms. The first-order chi connectivity index (χ1) is 17.5. The van der Waals surface area contributed by atoms with Gasteiger partial charge in [-0.1, -0.05) is 89.6 Å². The number of aromatic nitrogens is 2. The smallest absolute Gasteiger partial charge is 0.165 e. The van der Waals surface area contributed by atoms with Gasteiger partial charge in [-0.2, -0.15) is 5.10 Å². The first-order valence-electron chi connectivity index (χ1n) is 13.9. The van der Waals surface area contributed by atoms with Gasteiger partial charge in [0.2, 0.25) is 0 Å². The van der Waals surface area contributed by atoms with Crippen LogP contribution in [-0.2, 0) is 11.0 Å². The Hall–Kier alpha value is -2.69. The van der Waals surface area contributed by atoms with Gasteiger partial charge in [-0.15, -0.1) is 0 Å². The van der Waals surface area contributed by atoms with E-state index in [0.717, 1.165) is 12.8 Å². The van der Waals surface area contributed by atoms with E-state index in [4.69, 9.17) is 0 Å². The van der Waals surface area contributed by atoms with Gasteiger partial charge >= 0.3 is 0 Å². The predicted molar refractivity (Wildman–Crippen MR) is 158 cm³/mol. The number of aryl methyl sites for hydroxylation is 1. The molecule has 0 amide bonds. The number of halogens is 1. The quantitative estimate of drug-likeness (QED) is 0.284. The summed E-state index contributed by atoms with van der Waals surface area (Å²) in [5.41, 5.74) is 4.16. The molecule has 1 aromatic heterocycles. The molecule has 1 atom stereocenters. The van der Waals surface area contributed by atoms with Crippen LogP contribution in [-0.4, -0.2) is 28.3 Å². The highest BCUT2D eigenvalue weighted by Crippen LogP contribution is 2.36. The number of Topliss-reactive ketones (excluding diaryl/α,β-unsaturated/α-hetero) is 1. The lowest BCUT2D eigenvalue weighted by Crippen LogP contribution is -2.43. The summed E-state index contributed by atoms with van der Waals surface area (Å²) in [5, 5.41) is 7.63. The standard InChI is InChI=1S/C17H24FN3O.C13H20.C2H6/c1-5-6-7-8-13(10-18)15-9-17(3,4)21-16(20-15)14(11-19-21)12(2)22;1-5-13(4,6-2)12-9-7-11(3)8-10-12;1-2/h6-8,11,15,20H,5,9-10H2,1-4H3;7-10H,5-6H2,1-4H3;1-2H3/b7-6-,13-8+;;. The second-order valence-corrected chi connectivity index (χ2v) is 10.4. The summed E-state index contributed by atoms with van der Waals surface area (Å²) < 4.78 is 15.3. The van der Waals surface area contributed by atoms with Crippen LogP contribution in [0.15, 0.2) is 54.3 Å². The number of nitrogens with one attached hydrogen (secondary N) is 1. The molecule has 0 bridgehead atoms. The van der Waals surface area contributed by atoms with Crippen molar-refractivity contribution in [2.75, 3.05) is 12.0 Å². The van der Waals surface area contributed by atoms with Crippen molar-refractivity contribution >= 4 is 11.6 Å². The van der Waals surface area contributed by atoms with Crippen molar-refractivity contribution in [3.63, 3.8) is 0 Å². The summed E-state index contributed by atoms with van der Waals surface area (Å²) in [4.78, 5) is 11.8. The molecule has 1 aliphatic heterocycles. The molecule has 0 spiro atoms. The average molecular weight is 512 g/mol.